The summed E-state index contributed by atoms with van der Waals surface area (Å²) in [5.74, 6) is 0.300. The van der Waals surface area contributed by atoms with Gasteiger partial charge in [-0.25, -0.2) is 8.42 Å². The average molecular weight is 300 g/mol. The number of hydrogen-bond donors (Lipinski definition) is 2. The van der Waals surface area contributed by atoms with Gasteiger partial charge in [-0.05, 0) is 18.6 Å². The van der Waals surface area contributed by atoms with Gasteiger partial charge < -0.3 is 11.1 Å². The lowest BCUT2D eigenvalue weighted by Gasteiger charge is -2.11. The van der Waals surface area contributed by atoms with Gasteiger partial charge in [0.2, 0.25) is 5.91 Å². The molecular formula is C12H16N2O3S2. The zero-order valence-electron chi connectivity index (χ0n) is 10.3. The molecule has 1 saturated heterocycles. The first-order valence-corrected chi connectivity index (χ1v) is 8.74. The molecule has 7 heteroatoms. The van der Waals surface area contributed by atoms with E-state index in [2.05, 4.69) is 5.32 Å². The van der Waals surface area contributed by atoms with E-state index in [1.807, 2.05) is 18.2 Å². The largest absolute Gasteiger partial charge is 0.398 e. The van der Waals surface area contributed by atoms with Crippen molar-refractivity contribution in [2.24, 2.45) is 0 Å². The zero-order chi connectivity index (χ0) is 13.9. The summed E-state index contributed by atoms with van der Waals surface area (Å²) in [6, 6.07) is 7.09. The minimum atomic E-state index is -2.96. The van der Waals surface area contributed by atoms with Gasteiger partial charge in [0.1, 0.15) is 0 Å². The Balaban J connectivity index is 1.81. The molecule has 19 heavy (non-hydrogen) atoms. The van der Waals surface area contributed by atoms with Crippen molar-refractivity contribution in [3.8, 4) is 0 Å². The molecular weight excluding hydrogens is 284 g/mol. The Kier molecular flexibility index (Phi) is 4.36. The number of nitrogens with two attached hydrogens (primary N) is 1. The van der Waals surface area contributed by atoms with Crippen LogP contribution in [0.1, 0.15) is 6.42 Å². The zero-order valence-corrected chi connectivity index (χ0v) is 12.0. The van der Waals surface area contributed by atoms with Crippen LogP contribution in [0.15, 0.2) is 29.2 Å². The van der Waals surface area contributed by atoms with Crippen LogP contribution in [-0.4, -0.2) is 37.6 Å². The first kappa shape index (κ1) is 14.2. The number of rotatable bonds is 4. The number of benzene rings is 1. The Morgan fingerprint density at radius 3 is 2.79 bits per heavy atom. The molecule has 3 N–H and O–H groups in total. The summed E-state index contributed by atoms with van der Waals surface area (Å²) in [6.45, 7) is 0. The molecule has 1 heterocycles. The molecule has 1 aromatic rings. The van der Waals surface area contributed by atoms with Gasteiger partial charge in [-0.1, -0.05) is 12.1 Å². The van der Waals surface area contributed by atoms with E-state index >= 15 is 0 Å². The third-order valence-corrected chi connectivity index (χ3v) is 5.73. The molecule has 1 aliphatic heterocycles. The van der Waals surface area contributed by atoms with Crippen molar-refractivity contribution in [3.05, 3.63) is 24.3 Å². The molecule has 0 aliphatic carbocycles. The Labute approximate surface area is 116 Å². The molecule has 1 aromatic carbocycles. The van der Waals surface area contributed by atoms with Crippen LogP contribution < -0.4 is 11.1 Å². The molecule has 0 saturated carbocycles. The van der Waals surface area contributed by atoms with E-state index in [4.69, 9.17) is 5.73 Å². The van der Waals surface area contributed by atoms with Crippen LogP contribution in [0.25, 0.3) is 0 Å². The Hall–Kier alpha value is -1.21. The lowest BCUT2D eigenvalue weighted by atomic mass is 10.3. The lowest BCUT2D eigenvalue weighted by molar-refractivity contribution is -0.119. The summed E-state index contributed by atoms with van der Waals surface area (Å²) in [7, 11) is -2.96. The number of thioether (sulfide) groups is 1. The number of para-hydroxylation sites is 1. The standard InChI is InChI=1S/C12H16N2O3S2/c13-10-3-1-2-4-11(10)18-7-12(15)14-9-5-6-19(16,17)8-9/h1-4,9H,5-8,13H2,(H,14,15). The fraction of sp³-hybridized carbons (Fsp3) is 0.417. The summed E-state index contributed by atoms with van der Waals surface area (Å²) in [5.41, 5.74) is 6.42. The number of carbonyl (C=O) groups excluding carboxylic acids is 1. The maximum Gasteiger partial charge on any atom is 0.230 e. The topological polar surface area (TPSA) is 89.3 Å². The van der Waals surface area contributed by atoms with E-state index in [1.54, 1.807) is 6.07 Å². The van der Waals surface area contributed by atoms with Crippen LogP contribution in [-0.2, 0) is 14.6 Å². The van der Waals surface area contributed by atoms with Gasteiger partial charge in [0.15, 0.2) is 9.84 Å². The molecule has 0 spiro atoms. The third kappa shape index (κ3) is 4.14. The molecule has 1 amide bonds. The van der Waals surface area contributed by atoms with Gasteiger partial charge in [-0.2, -0.15) is 0 Å². The summed E-state index contributed by atoms with van der Waals surface area (Å²) in [4.78, 5) is 12.6. The summed E-state index contributed by atoms with van der Waals surface area (Å²) < 4.78 is 22.5. The lowest BCUT2D eigenvalue weighted by Crippen LogP contribution is -2.36. The van der Waals surface area contributed by atoms with Crippen molar-refractivity contribution in [2.45, 2.75) is 17.4 Å². The fourth-order valence-electron chi connectivity index (χ4n) is 1.93. The Bertz CT molecular complexity index is 572. The van der Waals surface area contributed by atoms with Gasteiger partial charge in [0.25, 0.3) is 0 Å². The number of nitrogens with one attached hydrogen (secondary N) is 1. The summed E-state index contributed by atoms with van der Waals surface area (Å²) in [6.07, 6.45) is 0.506. The number of sulfone groups is 1. The maximum atomic E-state index is 11.7. The van der Waals surface area contributed by atoms with E-state index in [1.165, 1.54) is 11.8 Å². The molecule has 1 aliphatic rings. The normalized spacial score (nSPS) is 21.2. The van der Waals surface area contributed by atoms with Crippen LogP contribution in [0, 0.1) is 0 Å². The number of nitrogen functional groups attached to an aromatic ring is 1. The summed E-state index contributed by atoms with van der Waals surface area (Å²) in [5, 5.41) is 2.74. The highest BCUT2D eigenvalue weighted by Crippen LogP contribution is 2.24. The number of anilines is 1. The Morgan fingerprint density at radius 2 is 2.16 bits per heavy atom. The molecule has 1 atom stereocenters. The van der Waals surface area contributed by atoms with E-state index in [0.717, 1.165) is 4.90 Å². The monoisotopic (exact) mass is 300 g/mol. The maximum absolute atomic E-state index is 11.7. The van der Waals surface area contributed by atoms with E-state index < -0.39 is 9.84 Å². The van der Waals surface area contributed by atoms with Crippen LogP contribution >= 0.6 is 11.8 Å². The molecule has 0 aromatic heterocycles. The first-order valence-electron chi connectivity index (χ1n) is 5.93. The second kappa shape index (κ2) is 5.83. The molecule has 2 rings (SSSR count). The second-order valence-electron chi connectivity index (χ2n) is 4.49. The van der Waals surface area contributed by atoms with E-state index in [9.17, 15) is 13.2 Å². The minimum Gasteiger partial charge on any atom is -0.398 e. The van der Waals surface area contributed by atoms with Gasteiger partial charge in [0, 0.05) is 16.6 Å². The smallest absolute Gasteiger partial charge is 0.230 e. The van der Waals surface area contributed by atoms with Crippen molar-refractivity contribution in [3.63, 3.8) is 0 Å². The minimum absolute atomic E-state index is 0.0525. The fourth-order valence-corrected chi connectivity index (χ4v) is 4.39. The molecule has 0 bridgehead atoms. The van der Waals surface area contributed by atoms with Crippen LogP contribution in [0.5, 0.6) is 0 Å². The second-order valence-corrected chi connectivity index (χ2v) is 7.74. The summed E-state index contributed by atoms with van der Waals surface area (Å²) >= 11 is 1.35. The molecule has 5 nitrogen and oxygen atoms in total. The van der Waals surface area contributed by atoms with Gasteiger partial charge >= 0.3 is 0 Å². The van der Waals surface area contributed by atoms with Crippen molar-refractivity contribution in [1.29, 1.82) is 0 Å². The van der Waals surface area contributed by atoms with Crippen LogP contribution in [0.4, 0.5) is 5.69 Å². The van der Waals surface area contributed by atoms with Crippen molar-refractivity contribution in [1.82, 2.24) is 5.32 Å². The SMILES string of the molecule is Nc1ccccc1SCC(=O)NC1CCS(=O)(=O)C1. The van der Waals surface area contributed by atoms with Crippen molar-refractivity contribution < 1.29 is 13.2 Å². The van der Waals surface area contributed by atoms with Crippen LogP contribution in [0.3, 0.4) is 0 Å². The number of hydrogen-bond acceptors (Lipinski definition) is 5. The number of amides is 1. The predicted octanol–water partition coefficient (Wildman–Crippen LogP) is 0.664. The third-order valence-electron chi connectivity index (χ3n) is 2.88. The average Bonchev–Trinajstić information content (AvgIpc) is 2.67. The predicted molar refractivity (Wildman–Crippen MR) is 76.8 cm³/mol. The number of carbonyl (C=O) groups is 1. The van der Waals surface area contributed by atoms with Gasteiger partial charge in [0.05, 0.1) is 17.3 Å². The quantitative estimate of drug-likeness (QED) is 0.630. The van der Waals surface area contributed by atoms with Crippen LogP contribution in [0.2, 0.25) is 0 Å². The highest BCUT2D eigenvalue weighted by molar-refractivity contribution is 8.00. The van der Waals surface area contributed by atoms with E-state index in [0.29, 0.717) is 12.1 Å². The first-order chi connectivity index (χ1) is 8.96. The van der Waals surface area contributed by atoms with E-state index in [-0.39, 0.29) is 29.2 Å². The van der Waals surface area contributed by atoms with Gasteiger partial charge in [-0.15, -0.1) is 11.8 Å². The van der Waals surface area contributed by atoms with Crippen molar-refractivity contribution in [2.75, 3.05) is 23.0 Å². The molecule has 104 valence electrons. The highest BCUT2D eigenvalue weighted by atomic mass is 32.2. The Morgan fingerprint density at radius 1 is 1.42 bits per heavy atom. The molecule has 1 fully saturated rings. The molecule has 1 unspecified atom stereocenters. The van der Waals surface area contributed by atoms with Crippen molar-refractivity contribution >= 4 is 33.2 Å². The highest BCUT2D eigenvalue weighted by Gasteiger charge is 2.28. The van der Waals surface area contributed by atoms with Gasteiger partial charge in [-0.3, -0.25) is 4.79 Å². The molecule has 0 radical (unpaired) electrons.